The van der Waals surface area contributed by atoms with Crippen molar-refractivity contribution in [3.8, 4) is 0 Å². The second-order valence-electron chi connectivity index (χ2n) is 19.0. The number of allylic oxidation sites excluding steroid dienone is 4. The Bertz CT molecular complexity index is 1140. The van der Waals surface area contributed by atoms with E-state index in [0.717, 1.165) is 83.5 Å². The number of ether oxygens (including phenoxy) is 1. The third-order valence-electron chi connectivity index (χ3n) is 12.7. The molecule has 2 amide bonds. The Morgan fingerprint density at radius 1 is 0.462 bits per heavy atom. The zero-order chi connectivity index (χ0) is 47.5. The van der Waals surface area contributed by atoms with Crippen molar-refractivity contribution < 1.29 is 34.1 Å². The molecule has 0 aliphatic heterocycles. The molecule has 0 aromatic carbocycles. The van der Waals surface area contributed by atoms with Crippen LogP contribution in [0.3, 0.4) is 0 Å². The van der Waals surface area contributed by atoms with Gasteiger partial charge in [-0.3, -0.25) is 14.4 Å². The molecular weight excluding hydrogens is 813 g/mol. The van der Waals surface area contributed by atoms with Gasteiger partial charge in [-0.05, 0) is 70.6 Å². The standard InChI is InChI=1S/C56H104N2O7/c1-3-5-7-9-11-13-15-17-19-20-21-22-23-24-25-27-29-31-33-35-40-44-48-55(62)65-51(45-41-37-34-32-30-28-26-18-16-14-12-10-8-6-4-2)46-42-38-36-39-43-47-53(60)57-49-54(61)58-52(50-59)56(63)64/h16,18,28,30,51-52,59H,3-15,17,19-27,29,31-50H2,1-2H3,(H,57,60)(H,58,61)(H,63,64)/b18-16-,30-28-. The van der Waals surface area contributed by atoms with Gasteiger partial charge >= 0.3 is 11.9 Å². The Hall–Kier alpha value is -2.68. The molecule has 0 aliphatic rings. The molecule has 0 heterocycles. The monoisotopic (exact) mass is 917 g/mol. The van der Waals surface area contributed by atoms with Gasteiger partial charge in [0.2, 0.25) is 11.8 Å². The lowest BCUT2D eigenvalue weighted by atomic mass is 10.0. The van der Waals surface area contributed by atoms with Crippen LogP contribution in [-0.4, -0.2) is 59.3 Å². The lowest BCUT2D eigenvalue weighted by Crippen LogP contribution is -2.47. The molecule has 0 saturated carbocycles. The molecular formula is C56H104N2O7. The number of amides is 2. The molecule has 0 spiro atoms. The highest BCUT2D eigenvalue weighted by molar-refractivity contribution is 5.87. The van der Waals surface area contributed by atoms with Crippen molar-refractivity contribution in [1.29, 1.82) is 0 Å². The minimum atomic E-state index is -1.38. The molecule has 380 valence electrons. The summed E-state index contributed by atoms with van der Waals surface area (Å²) >= 11 is 0. The molecule has 0 aromatic rings. The molecule has 2 unspecified atom stereocenters. The van der Waals surface area contributed by atoms with E-state index in [-0.39, 0.29) is 24.5 Å². The number of hydrogen-bond donors (Lipinski definition) is 4. The summed E-state index contributed by atoms with van der Waals surface area (Å²) in [5.41, 5.74) is 0. The molecule has 0 rings (SSSR count). The summed E-state index contributed by atoms with van der Waals surface area (Å²) in [5.74, 6) is -2.29. The summed E-state index contributed by atoms with van der Waals surface area (Å²) < 4.78 is 6.07. The highest BCUT2D eigenvalue weighted by Gasteiger charge is 2.19. The van der Waals surface area contributed by atoms with Crippen LogP contribution in [0.1, 0.15) is 284 Å². The van der Waals surface area contributed by atoms with Crippen LogP contribution in [0.4, 0.5) is 0 Å². The van der Waals surface area contributed by atoms with Crippen LogP contribution < -0.4 is 10.6 Å². The van der Waals surface area contributed by atoms with Crippen molar-refractivity contribution in [3.05, 3.63) is 24.3 Å². The Kier molecular flexibility index (Phi) is 48.6. The van der Waals surface area contributed by atoms with Crippen LogP contribution in [0.2, 0.25) is 0 Å². The highest BCUT2D eigenvalue weighted by atomic mass is 16.5. The average Bonchev–Trinajstić information content (AvgIpc) is 3.29. The van der Waals surface area contributed by atoms with Crippen molar-refractivity contribution in [1.82, 2.24) is 10.6 Å². The summed E-state index contributed by atoms with van der Waals surface area (Å²) in [7, 11) is 0. The first-order valence-corrected chi connectivity index (χ1v) is 27.7. The normalized spacial score (nSPS) is 12.5. The molecule has 0 bridgehead atoms. The van der Waals surface area contributed by atoms with Crippen LogP contribution in [-0.2, 0) is 23.9 Å². The maximum atomic E-state index is 12.9. The summed E-state index contributed by atoms with van der Waals surface area (Å²) in [6.45, 7) is 3.51. The maximum Gasteiger partial charge on any atom is 0.328 e. The minimum Gasteiger partial charge on any atom is -0.480 e. The first kappa shape index (κ1) is 62.3. The number of carbonyl (C=O) groups is 4. The fourth-order valence-corrected chi connectivity index (χ4v) is 8.45. The van der Waals surface area contributed by atoms with Gasteiger partial charge in [-0.15, -0.1) is 0 Å². The lowest BCUT2D eigenvalue weighted by molar-refractivity contribution is -0.150. The predicted molar refractivity (Wildman–Crippen MR) is 273 cm³/mol. The summed E-state index contributed by atoms with van der Waals surface area (Å²) in [6, 6.07) is -1.38. The SMILES string of the molecule is CCCCCCC/C=C\C/C=C\CCCCCC(CCCCCCCC(=O)NCC(=O)NC(CO)C(=O)O)OC(=O)CCCCCCCCCCCCCCCCCCCCCCCC. The van der Waals surface area contributed by atoms with Crippen LogP contribution >= 0.6 is 0 Å². The van der Waals surface area contributed by atoms with Crippen LogP contribution in [0.25, 0.3) is 0 Å². The average molecular weight is 917 g/mol. The smallest absolute Gasteiger partial charge is 0.328 e. The van der Waals surface area contributed by atoms with Gasteiger partial charge < -0.3 is 25.6 Å². The minimum absolute atomic E-state index is 0.0339. The molecule has 0 aromatic heterocycles. The molecule has 0 radical (unpaired) electrons. The van der Waals surface area contributed by atoms with E-state index in [0.29, 0.717) is 19.3 Å². The van der Waals surface area contributed by atoms with Crippen molar-refractivity contribution >= 4 is 23.8 Å². The molecule has 4 N–H and O–H groups in total. The fourth-order valence-electron chi connectivity index (χ4n) is 8.45. The molecule has 9 heteroatoms. The van der Waals surface area contributed by atoms with Gasteiger partial charge in [0.05, 0.1) is 13.2 Å². The molecule has 0 saturated heterocycles. The van der Waals surface area contributed by atoms with Crippen molar-refractivity contribution in [2.24, 2.45) is 0 Å². The second-order valence-corrected chi connectivity index (χ2v) is 19.0. The van der Waals surface area contributed by atoms with Gasteiger partial charge in [-0.2, -0.15) is 0 Å². The Labute approximate surface area is 400 Å². The zero-order valence-corrected chi connectivity index (χ0v) is 42.5. The fraction of sp³-hybridized carbons (Fsp3) is 0.857. The van der Waals surface area contributed by atoms with Crippen LogP contribution in [0.5, 0.6) is 0 Å². The number of nitrogens with one attached hydrogen (secondary N) is 2. The maximum absolute atomic E-state index is 12.9. The van der Waals surface area contributed by atoms with Gasteiger partial charge in [0, 0.05) is 12.8 Å². The third-order valence-corrected chi connectivity index (χ3v) is 12.7. The Morgan fingerprint density at radius 2 is 0.831 bits per heavy atom. The zero-order valence-electron chi connectivity index (χ0n) is 42.5. The second kappa shape index (κ2) is 50.7. The Morgan fingerprint density at radius 3 is 1.25 bits per heavy atom. The first-order valence-electron chi connectivity index (χ1n) is 27.7. The van der Waals surface area contributed by atoms with Gasteiger partial charge in [-0.1, -0.05) is 224 Å². The van der Waals surface area contributed by atoms with E-state index >= 15 is 0 Å². The van der Waals surface area contributed by atoms with Crippen LogP contribution in [0, 0.1) is 0 Å². The highest BCUT2D eigenvalue weighted by Crippen LogP contribution is 2.19. The number of aliphatic hydroxyl groups excluding tert-OH is 1. The predicted octanol–water partition coefficient (Wildman–Crippen LogP) is 15.1. The van der Waals surface area contributed by atoms with E-state index in [1.807, 2.05) is 0 Å². The van der Waals surface area contributed by atoms with E-state index in [1.165, 1.54) is 167 Å². The summed E-state index contributed by atoms with van der Waals surface area (Å²) in [6.07, 6.45) is 59.4. The van der Waals surface area contributed by atoms with Crippen molar-refractivity contribution in [2.45, 2.75) is 296 Å². The van der Waals surface area contributed by atoms with Gasteiger partial charge in [0.15, 0.2) is 0 Å². The number of carbonyl (C=O) groups excluding carboxylic acids is 3. The van der Waals surface area contributed by atoms with E-state index in [9.17, 15) is 19.2 Å². The number of rotatable bonds is 51. The van der Waals surface area contributed by atoms with E-state index < -0.39 is 24.5 Å². The molecule has 0 aliphatic carbocycles. The lowest BCUT2D eigenvalue weighted by Gasteiger charge is -2.18. The molecule has 0 fully saturated rings. The largest absolute Gasteiger partial charge is 0.480 e. The number of hydrogen-bond acceptors (Lipinski definition) is 6. The van der Waals surface area contributed by atoms with Gasteiger partial charge in [-0.25, -0.2) is 4.79 Å². The van der Waals surface area contributed by atoms with Crippen molar-refractivity contribution in [2.75, 3.05) is 13.2 Å². The third kappa shape index (κ3) is 47.6. The summed E-state index contributed by atoms with van der Waals surface area (Å²) in [5, 5.41) is 22.7. The van der Waals surface area contributed by atoms with E-state index in [2.05, 4.69) is 48.8 Å². The molecule has 9 nitrogen and oxygen atoms in total. The number of esters is 1. The van der Waals surface area contributed by atoms with Crippen LogP contribution in [0.15, 0.2) is 24.3 Å². The quantitative estimate of drug-likeness (QED) is 0.0270. The number of aliphatic hydroxyl groups is 1. The number of carboxylic acids is 1. The first-order chi connectivity index (χ1) is 31.8. The van der Waals surface area contributed by atoms with Gasteiger partial charge in [0.1, 0.15) is 12.1 Å². The number of carboxylic acid groups (broad SMARTS) is 1. The van der Waals surface area contributed by atoms with E-state index in [4.69, 9.17) is 14.9 Å². The number of unbranched alkanes of at least 4 members (excludes halogenated alkanes) is 33. The molecule has 65 heavy (non-hydrogen) atoms. The van der Waals surface area contributed by atoms with E-state index in [1.54, 1.807) is 0 Å². The van der Waals surface area contributed by atoms with Crippen molar-refractivity contribution in [3.63, 3.8) is 0 Å². The topological polar surface area (TPSA) is 142 Å². The molecule has 2 atom stereocenters. The van der Waals surface area contributed by atoms with Gasteiger partial charge in [0.25, 0.3) is 0 Å². The summed E-state index contributed by atoms with van der Waals surface area (Å²) in [4.78, 5) is 47.9. The Balaban J connectivity index is 4.25. The number of aliphatic carboxylic acids is 1.